The van der Waals surface area contributed by atoms with Crippen LogP contribution >= 0.6 is 0 Å². The lowest BCUT2D eigenvalue weighted by atomic mass is 10.0. The van der Waals surface area contributed by atoms with Gasteiger partial charge in [0.05, 0.1) is 19.1 Å². The van der Waals surface area contributed by atoms with Crippen molar-refractivity contribution in [2.45, 2.75) is 31.8 Å². The van der Waals surface area contributed by atoms with Gasteiger partial charge in [-0.15, -0.1) is 0 Å². The maximum atomic E-state index is 12.7. The molecule has 8 heteroatoms. The van der Waals surface area contributed by atoms with E-state index in [1.165, 1.54) is 0 Å². The van der Waals surface area contributed by atoms with E-state index in [2.05, 4.69) is 5.32 Å². The maximum absolute atomic E-state index is 12.7. The molecule has 8 nitrogen and oxygen atoms in total. The van der Waals surface area contributed by atoms with Crippen LogP contribution in [0.5, 0.6) is 0 Å². The van der Waals surface area contributed by atoms with E-state index in [1.54, 1.807) is 16.9 Å². The molecule has 1 aromatic carbocycles. The normalized spacial score (nSPS) is 19.9. The number of carbonyl (C=O) groups is 3. The minimum absolute atomic E-state index is 0.0212. The predicted octanol–water partition coefficient (Wildman–Crippen LogP) is 0.805. The van der Waals surface area contributed by atoms with E-state index in [0.717, 1.165) is 5.56 Å². The molecule has 3 rings (SSSR count). The summed E-state index contributed by atoms with van der Waals surface area (Å²) in [7, 11) is 1.59. The Morgan fingerprint density at radius 2 is 1.87 bits per heavy atom. The Labute approximate surface area is 177 Å². The summed E-state index contributed by atoms with van der Waals surface area (Å²) in [5.41, 5.74) is 1.06. The highest BCUT2D eigenvalue weighted by Crippen LogP contribution is 2.21. The molecule has 2 saturated heterocycles. The van der Waals surface area contributed by atoms with Crippen LogP contribution in [-0.2, 0) is 30.4 Å². The van der Waals surface area contributed by atoms with Crippen LogP contribution in [0, 0.1) is 5.92 Å². The van der Waals surface area contributed by atoms with Crippen LogP contribution < -0.4 is 5.32 Å². The van der Waals surface area contributed by atoms with Crippen molar-refractivity contribution >= 4 is 17.7 Å². The number of likely N-dealkylation sites (tertiary alicyclic amines) is 2. The molecule has 0 saturated carbocycles. The average molecular weight is 418 g/mol. The van der Waals surface area contributed by atoms with E-state index in [-0.39, 0.29) is 42.7 Å². The van der Waals surface area contributed by atoms with Gasteiger partial charge in [0.2, 0.25) is 17.7 Å². The largest absolute Gasteiger partial charge is 0.382 e. The first kappa shape index (κ1) is 22.2. The second-order valence-corrected chi connectivity index (χ2v) is 7.87. The van der Waals surface area contributed by atoms with E-state index >= 15 is 0 Å². The number of rotatable bonds is 9. The first-order chi connectivity index (χ1) is 14.6. The fraction of sp³-hybridized carbons (Fsp3) is 0.591. The van der Waals surface area contributed by atoms with Gasteiger partial charge in [0, 0.05) is 45.8 Å². The highest BCUT2D eigenvalue weighted by Gasteiger charge is 2.35. The number of hydrogen-bond acceptors (Lipinski definition) is 5. The SMILES string of the molecule is COCCOCC(=O)N1CCC(NC(=O)C2CC(=O)N(Cc3ccccc3)C2)CC1. The minimum atomic E-state index is -0.310. The molecule has 0 spiro atoms. The Bertz CT molecular complexity index is 719. The molecule has 2 aliphatic rings. The number of nitrogens with one attached hydrogen (secondary N) is 1. The number of piperidine rings is 1. The van der Waals surface area contributed by atoms with Crippen molar-refractivity contribution in [3.05, 3.63) is 35.9 Å². The van der Waals surface area contributed by atoms with E-state index in [4.69, 9.17) is 9.47 Å². The van der Waals surface area contributed by atoms with Crippen molar-refractivity contribution in [1.82, 2.24) is 15.1 Å². The number of carbonyl (C=O) groups excluding carboxylic acids is 3. The zero-order valence-corrected chi connectivity index (χ0v) is 17.5. The summed E-state index contributed by atoms with van der Waals surface area (Å²) in [6, 6.07) is 9.84. The van der Waals surface area contributed by atoms with Gasteiger partial charge in [-0.3, -0.25) is 14.4 Å². The molecule has 164 valence electrons. The van der Waals surface area contributed by atoms with Crippen molar-refractivity contribution in [2.24, 2.45) is 5.92 Å². The Morgan fingerprint density at radius 3 is 2.57 bits per heavy atom. The molecule has 0 bridgehead atoms. The van der Waals surface area contributed by atoms with E-state index < -0.39 is 0 Å². The van der Waals surface area contributed by atoms with Gasteiger partial charge in [-0.05, 0) is 18.4 Å². The summed E-state index contributed by atoms with van der Waals surface area (Å²) in [5, 5.41) is 3.08. The molecule has 1 aromatic rings. The molecule has 0 radical (unpaired) electrons. The highest BCUT2D eigenvalue weighted by atomic mass is 16.5. The van der Waals surface area contributed by atoms with Crippen LogP contribution in [0.25, 0.3) is 0 Å². The lowest BCUT2D eigenvalue weighted by Crippen LogP contribution is -2.48. The zero-order valence-electron chi connectivity index (χ0n) is 17.5. The first-order valence-electron chi connectivity index (χ1n) is 10.5. The molecule has 1 unspecified atom stereocenters. The van der Waals surface area contributed by atoms with Gasteiger partial charge in [-0.25, -0.2) is 0 Å². The molecule has 0 aliphatic carbocycles. The molecule has 1 N–H and O–H groups in total. The topological polar surface area (TPSA) is 88.2 Å². The number of benzene rings is 1. The second-order valence-electron chi connectivity index (χ2n) is 7.87. The maximum Gasteiger partial charge on any atom is 0.248 e. The number of methoxy groups -OCH3 is 1. The van der Waals surface area contributed by atoms with Crippen LogP contribution in [-0.4, -0.2) is 80.1 Å². The van der Waals surface area contributed by atoms with Gasteiger partial charge in [-0.2, -0.15) is 0 Å². The van der Waals surface area contributed by atoms with Crippen LogP contribution in [0.2, 0.25) is 0 Å². The summed E-state index contributed by atoms with van der Waals surface area (Å²) in [5.74, 6) is -0.386. The number of hydrogen-bond donors (Lipinski definition) is 1. The summed E-state index contributed by atoms with van der Waals surface area (Å²) >= 11 is 0. The Kier molecular flexibility index (Phi) is 8.21. The quantitative estimate of drug-likeness (QED) is 0.601. The zero-order chi connectivity index (χ0) is 21.3. The molecule has 2 heterocycles. The molecule has 1 atom stereocenters. The third-order valence-corrected chi connectivity index (χ3v) is 5.65. The third-order valence-electron chi connectivity index (χ3n) is 5.65. The van der Waals surface area contributed by atoms with Gasteiger partial charge in [0.15, 0.2) is 0 Å². The smallest absolute Gasteiger partial charge is 0.248 e. The van der Waals surface area contributed by atoms with Crippen LogP contribution in [0.15, 0.2) is 30.3 Å². The molecule has 2 aliphatic heterocycles. The summed E-state index contributed by atoms with van der Waals surface area (Å²) in [6.07, 6.45) is 1.68. The van der Waals surface area contributed by atoms with E-state index in [1.807, 2.05) is 30.3 Å². The minimum Gasteiger partial charge on any atom is -0.382 e. The van der Waals surface area contributed by atoms with Gasteiger partial charge < -0.3 is 24.6 Å². The van der Waals surface area contributed by atoms with E-state index in [9.17, 15) is 14.4 Å². The van der Waals surface area contributed by atoms with Crippen LogP contribution in [0.1, 0.15) is 24.8 Å². The molecular weight excluding hydrogens is 386 g/mol. The predicted molar refractivity (Wildman–Crippen MR) is 110 cm³/mol. The van der Waals surface area contributed by atoms with Crippen LogP contribution in [0.3, 0.4) is 0 Å². The molecule has 2 fully saturated rings. The monoisotopic (exact) mass is 417 g/mol. The van der Waals surface area contributed by atoms with Crippen molar-refractivity contribution in [2.75, 3.05) is 46.6 Å². The summed E-state index contributed by atoms with van der Waals surface area (Å²) < 4.78 is 10.2. The highest BCUT2D eigenvalue weighted by molar-refractivity contribution is 5.89. The lowest BCUT2D eigenvalue weighted by molar-refractivity contribution is -0.137. The number of ether oxygens (including phenoxy) is 2. The van der Waals surface area contributed by atoms with Gasteiger partial charge >= 0.3 is 0 Å². The third kappa shape index (κ3) is 6.27. The van der Waals surface area contributed by atoms with Gasteiger partial charge in [0.25, 0.3) is 0 Å². The Balaban J connectivity index is 1.38. The summed E-state index contributed by atoms with van der Waals surface area (Å²) in [4.78, 5) is 40.7. The standard InChI is InChI=1S/C22H31N3O5/c1-29-11-12-30-16-21(27)24-9-7-19(8-10-24)23-22(28)18-13-20(26)25(15-18)14-17-5-3-2-4-6-17/h2-6,18-19H,7-16H2,1H3,(H,23,28). The molecule has 3 amide bonds. The van der Waals surface area contributed by atoms with Crippen molar-refractivity contribution < 1.29 is 23.9 Å². The lowest BCUT2D eigenvalue weighted by Gasteiger charge is -2.32. The first-order valence-corrected chi connectivity index (χ1v) is 10.5. The second kappa shape index (κ2) is 11.1. The number of nitrogens with zero attached hydrogens (tertiary/aromatic N) is 2. The number of amides is 3. The molecule has 30 heavy (non-hydrogen) atoms. The average Bonchev–Trinajstić information content (AvgIpc) is 3.13. The van der Waals surface area contributed by atoms with E-state index in [0.29, 0.717) is 52.2 Å². The van der Waals surface area contributed by atoms with Crippen molar-refractivity contribution in [3.63, 3.8) is 0 Å². The fourth-order valence-corrected chi connectivity index (χ4v) is 3.89. The Hall–Kier alpha value is -2.45. The molecule has 0 aromatic heterocycles. The Morgan fingerprint density at radius 1 is 1.13 bits per heavy atom. The van der Waals surface area contributed by atoms with Crippen LogP contribution in [0.4, 0.5) is 0 Å². The fourth-order valence-electron chi connectivity index (χ4n) is 3.89. The van der Waals surface area contributed by atoms with Crippen molar-refractivity contribution in [1.29, 1.82) is 0 Å². The van der Waals surface area contributed by atoms with Gasteiger partial charge in [-0.1, -0.05) is 30.3 Å². The van der Waals surface area contributed by atoms with Crippen molar-refractivity contribution in [3.8, 4) is 0 Å². The molecular formula is C22H31N3O5. The van der Waals surface area contributed by atoms with Gasteiger partial charge in [0.1, 0.15) is 6.61 Å². The summed E-state index contributed by atoms with van der Waals surface area (Å²) in [6.45, 7) is 3.11.